The van der Waals surface area contributed by atoms with Gasteiger partial charge in [-0.1, -0.05) is 29.3 Å². The lowest BCUT2D eigenvalue weighted by Crippen LogP contribution is -2.33. The fraction of sp³-hybridized carbons (Fsp3) is 0.312. The number of hydrogen-bond acceptors (Lipinski definition) is 3. The molecule has 0 aliphatic carbocycles. The van der Waals surface area contributed by atoms with Crippen LogP contribution in [0.15, 0.2) is 30.3 Å². The van der Waals surface area contributed by atoms with Crippen molar-refractivity contribution in [2.24, 2.45) is 0 Å². The summed E-state index contributed by atoms with van der Waals surface area (Å²) in [6.45, 7) is 3.41. The van der Waals surface area contributed by atoms with Crippen LogP contribution >= 0.6 is 46.9 Å². The summed E-state index contributed by atoms with van der Waals surface area (Å²) in [6, 6.07) is 9.39. The second kappa shape index (κ2) is 8.36. The minimum absolute atomic E-state index is 0. The third kappa shape index (κ3) is 4.40. The molecule has 1 aliphatic heterocycles. The van der Waals surface area contributed by atoms with Gasteiger partial charge in [-0.25, -0.2) is 0 Å². The number of benzene rings is 1. The minimum atomic E-state index is 0. The molecule has 0 atom stereocenters. The third-order valence-corrected chi connectivity index (χ3v) is 5.51. The number of halogens is 3. The Morgan fingerprint density at radius 3 is 2.70 bits per heavy atom. The molecule has 2 heterocycles. The molecule has 124 valence electrons. The Kier molecular flexibility index (Phi) is 6.74. The SMILES string of the molecule is Cl.O=C(c1ccc(-c2ccc(Cl)c(Cl)c2)s1)N1CCCNCC1. The van der Waals surface area contributed by atoms with E-state index in [9.17, 15) is 4.79 Å². The first-order valence-electron chi connectivity index (χ1n) is 7.20. The minimum Gasteiger partial charge on any atom is -0.337 e. The Morgan fingerprint density at radius 1 is 1.09 bits per heavy atom. The Balaban J connectivity index is 0.00000192. The van der Waals surface area contributed by atoms with E-state index in [1.54, 1.807) is 6.07 Å². The molecule has 1 aliphatic rings. The maximum atomic E-state index is 12.6. The molecule has 1 N–H and O–H groups in total. The van der Waals surface area contributed by atoms with E-state index in [1.165, 1.54) is 11.3 Å². The number of carbonyl (C=O) groups excluding carboxylic acids is 1. The lowest BCUT2D eigenvalue weighted by molar-refractivity contribution is 0.0771. The lowest BCUT2D eigenvalue weighted by Gasteiger charge is -2.18. The summed E-state index contributed by atoms with van der Waals surface area (Å²) in [6.07, 6.45) is 0.997. The van der Waals surface area contributed by atoms with Crippen molar-refractivity contribution < 1.29 is 4.79 Å². The smallest absolute Gasteiger partial charge is 0.263 e. The fourth-order valence-corrected chi connectivity index (χ4v) is 3.73. The monoisotopic (exact) mass is 390 g/mol. The van der Waals surface area contributed by atoms with E-state index in [-0.39, 0.29) is 18.3 Å². The molecule has 1 fully saturated rings. The van der Waals surface area contributed by atoms with E-state index in [4.69, 9.17) is 23.2 Å². The first-order chi connectivity index (χ1) is 10.6. The van der Waals surface area contributed by atoms with Crippen LogP contribution in [0, 0.1) is 0 Å². The summed E-state index contributed by atoms with van der Waals surface area (Å²) >= 11 is 13.5. The highest BCUT2D eigenvalue weighted by molar-refractivity contribution is 7.17. The van der Waals surface area contributed by atoms with Crippen LogP contribution in [0.25, 0.3) is 10.4 Å². The molecule has 0 radical (unpaired) electrons. The van der Waals surface area contributed by atoms with Gasteiger partial charge in [-0.3, -0.25) is 4.79 Å². The van der Waals surface area contributed by atoms with Crippen molar-refractivity contribution in [1.82, 2.24) is 10.2 Å². The van der Waals surface area contributed by atoms with Crippen LogP contribution in [0.1, 0.15) is 16.1 Å². The molecule has 1 aromatic carbocycles. The van der Waals surface area contributed by atoms with Gasteiger partial charge in [0, 0.05) is 24.5 Å². The van der Waals surface area contributed by atoms with E-state index in [1.807, 2.05) is 29.2 Å². The van der Waals surface area contributed by atoms with Gasteiger partial charge in [0.25, 0.3) is 5.91 Å². The van der Waals surface area contributed by atoms with Crippen LogP contribution in [-0.2, 0) is 0 Å². The third-order valence-electron chi connectivity index (χ3n) is 3.65. The average Bonchev–Trinajstić information content (AvgIpc) is 2.85. The van der Waals surface area contributed by atoms with Gasteiger partial charge in [0.15, 0.2) is 0 Å². The number of hydrogen-bond donors (Lipinski definition) is 1. The normalized spacial score (nSPS) is 15.0. The predicted molar refractivity (Wildman–Crippen MR) is 100 cm³/mol. The van der Waals surface area contributed by atoms with Crippen molar-refractivity contribution in [2.45, 2.75) is 6.42 Å². The van der Waals surface area contributed by atoms with E-state index in [2.05, 4.69) is 5.32 Å². The zero-order chi connectivity index (χ0) is 15.5. The highest BCUT2D eigenvalue weighted by Gasteiger charge is 2.19. The molecule has 1 saturated heterocycles. The highest BCUT2D eigenvalue weighted by Crippen LogP contribution is 2.33. The number of nitrogens with zero attached hydrogens (tertiary/aromatic N) is 1. The van der Waals surface area contributed by atoms with E-state index in [0.29, 0.717) is 10.0 Å². The van der Waals surface area contributed by atoms with Gasteiger partial charge in [-0.05, 0) is 42.8 Å². The lowest BCUT2D eigenvalue weighted by atomic mass is 10.2. The average molecular weight is 392 g/mol. The summed E-state index contributed by atoms with van der Waals surface area (Å²) in [5.74, 6) is 0.111. The number of nitrogens with one attached hydrogen (secondary N) is 1. The van der Waals surface area contributed by atoms with E-state index in [0.717, 1.165) is 47.9 Å². The summed E-state index contributed by atoms with van der Waals surface area (Å²) in [5.41, 5.74) is 0.982. The van der Waals surface area contributed by atoms with Gasteiger partial charge >= 0.3 is 0 Å². The Morgan fingerprint density at radius 2 is 1.91 bits per heavy atom. The van der Waals surface area contributed by atoms with Crippen LogP contribution < -0.4 is 5.32 Å². The van der Waals surface area contributed by atoms with Gasteiger partial charge < -0.3 is 10.2 Å². The number of rotatable bonds is 2. The van der Waals surface area contributed by atoms with Crippen molar-refractivity contribution in [3.63, 3.8) is 0 Å². The second-order valence-corrected chi connectivity index (χ2v) is 7.09. The number of amides is 1. The predicted octanol–water partition coefficient (Wildman–Crippen LogP) is 4.58. The topological polar surface area (TPSA) is 32.3 Å². The van der Waals surface area contributed by atoms with Crippen molar-refractivity contribution in [2.75, 3.05) is 26.2 Å². The first kappa shape index (κ1) is 18.6. The fourth-order valence-electron chi connectivity index (χ4n) is 2.46. The summed E-state index contributed by atoms with van der Waals surface area (Å²) in [5, 5.41) is 4.37. The van der Waals surface area contributed by atoms with Crippen LogP contribution in [0.4, 0.5) is 0 Å². The molecule has 0 unspecified atom stereocenters. The highest BCUT2D eigenvalue weighted by atomic mass is 35.5. The van der Waals surface area contributed by atoms with Crippen LogP contribution in [0.2, 0.25) is 10.0 Å². The quantitative estimate of drug-likeness (QED) is 0.812. The molecule has 7 heteroatoms. The molecule has 0 spiro atoms. The van der Waals surface area contributed by atoms with Gasteiger partial charge in [0.1, 0.15) is 0 Å². The first-order valence-corrected chi connectivity index (χ1v) is 8.77. The molecule has 1 aromatic heterocycles. The number of thiophene rings is 1. The van der Waals surface area contributed by atoms with Crippen LogP contribution in [0.3, 0.4) is 0 Å². The molecule has 0 saturated carbocycles. The molecule has 1 amide bonds. The Hall–Kier alpha value is -0.780. The zero-order valence-electron chi connectivity index (χ0n) is 12.4. The summed E-state index contributed by atoms with van der Waals surface area (Å²) < 4.78 is 0. The van der Waals surface area contributed by atoms with Gasteiger partial charge in [-0.15, -0.1) is 23.7 Å². The van der Waals surface area contributed by atoms with Gasteiger partial charge in [-0.2, -0.15) is 0 Å². The van der Waals surface area contributed by atoms with Crippen LogP contribution in [-0.4, -0.2) is 37.0 Å². The second-order valence-electron chi connectivity index (χ2n) is 5.19. The standard InChI is InChI=1S/C16H16Cl2N2OS.ClH/c17-12-3-2-11(10-13(12)18)14-4-5-15(22-14)16(21)20-8-1-6-19-7-9-20;/h2-5,10,19H,1,6-9H2;1H. The molecular formula is C16H17Cl3N2OS. The van der Waals surface area contributed by atoms with Crippen molar-refractivity contribution in [1.29, 1.82) is 0 Å². The van der Waals surface area contributed by atoms with Gasteiger partial charge in [0.2, 0.25) is 0 Å². The number of carbonyl (C=O) groups is 1. The zero-order valence-corrected chi connectivity index (χ0v) is 15.5. The molecule has 23 heavy (non-hydrogen) atoms. The molecule has 0 bridgehead atoms. The Labute approximate surface area is 156 Å². The van der Waals surface area contributed by atoms with Crippen molar-refractivity contribution >= 4 is 52.9 Å². The van der Waals surface area contributed by atoms with Crippen molar-refractivity contribution in [3.05, 3.63) is 45.3 Å². The largest absolute Gasteiger partial charge is 0.337 e. The molecule has 3 nitrogen and oxygen atoms in total. The van der Waals surface area contributed by atoms with Gasteiger partial charge in [0.05, 0.1) is 14.9 Å². The van der Waals surface area contributed by atoms with E-state index >= 15 is 0 Å². The van der Waals surface area contributed by atoms with Crippen molar-refractivity contribution in [3.8, 4) is 10.4 Å². The Bertz CT molecular complexity index is 682. The maximum absolute atomic E-state index is 12.6. The maximum Gasteiger partial charge on any atom is 0.263 e. The summed E-state index contributed by atoms with van der Waals surface area (Å²) in [7, 11) is 0. The summed E-state index contributed by atoms with van der Waals surface area (Å²) in [4.78, 5) is 16.3. The molecule has 2 aromatic rings. The van der Waals surface area contributed by atoms with E-state index < -0.39 is 0 Å². The van der Waals surface area contributed by atoms with Crippen LogP contribution in [0.5, 0.6) is 0 Å². The molecule has 3 rings (SSSR count). The molecular weight excluding hydrogens is 375 g/mol.